The van der Waals surface area contributed by atoms with Crippen molar-refractivity contribution in [1.82, 2.24) is 4.90 Å². The van der Waals surface area contributed by atoms with Crippen LogP contribution < -0.4 is 0 Å². The van der Waals surface area contributed by atoms with Gasteiger partial charge in [0, 0.05) is 6.42 Å². The van der Waals surface area contributed by atoms with Crippen LogP contribution in [-0.4, -0.2) is 30.3 Å². The molecule has 0 fully saturated rings. The van der Waals surface area contributed by atoms with E-state index in [1.165, 1.54) is 0 Å². The Morgan fingerprint density at radius 3 is 1.64 bits per heavy atom. The summed E-state index contributed by atoms with van der Waals surface area (Å²) in [5.41, 5.74) is 1.66. The molecule has 0 spiro atoms. The van der Waals surface area contributed by atoms with Gasteiger partial charge in [-0.25, -0.2) is 0 Å². The van der Waals surface area contributed by atoms with E-state index in [4.69, 9.17) is 0 Å². The first kappa shape index (κ1) is 21.6. The molecule has 0 N–H and O–H groups in total. The quantitative estimate of drug-likeness (QED) is 0.568. The number of nitrogens with zero attached hydrogens (tertiary/aromatic N) is 1. The van der Waals surface area contributed by atoms with E-state index in [2.05, 4.69) is 43.0 Å². The highest BCUT2D eigenvalue weighted by atomic mass is 79.9. The number of carbonyl (C=O) groups is 1. The zero-order chi connectivity index (χ0) is 17.4. The fourth-order valence-electron chi connectivity index (χ4n) is 3.53. The van der Waals surface area contributed by atoms with Crippen LogP contribution in [0.25, 0.3) is 0 Å². The van der Waals surface area contributed by atoms with Crippen molar-refractivity contribution in [3.05, 3.63) is 71.8 Å². The van der Waals surface area contributed by atoms with Crippen molar-refractivity contribution in [1.29, 1.82) is 0 Å². The van der Waals surface area contributed by atoms with E-state index in [-0.39, 0.29) is 17.0 Å². The fourth-order valence-corrected chi connectivity index (χ4v) is 3.53. The molecule has 0 aliphatic heterocycles. The van der Waals surface area contributed by atoms with Crippen molar-refractivity contribution in [2.45, 2.75) is 39.0 Å². The standard InChI is InChI=1S/C22H29NO.BrH/c1-4-21(24)22(17-18-23(5-2)6-3,19-13-9-7-10-14-19)20-15-11-8-12-16-20;/h7-16H,4-6,17-18H2,1-3H3;1H. The Morgan fingerprint density at radius 1 is 0.840 bits per heavy atom. The molecular formula is C22H30BrNO. The zero-order valence-electron chi connectivity index (χ0n) is 15.6. The highest BCUT2D eigenvalue weighted by Crippen LogP contribution is 2.38. The van der Waals surface area contributed by atoms with Gasteiger partial charge in [-0.3, -0.25) is 4.79 Å². The van der Waals surface area contributed by atoms with Gasteiger partial charge in [-0.2, -0.15) is 0 Å². The topological polar surface area (TPSA) is 20.3 Å². The van der Waals surface area contributed by atoms with E-state index in [0.717, 1.165) is 37.2 Å². The molecule has 0 aliphatic rings. The molecule has 0 unspecified atom stereocenters. The molecule has 3 heteroatoms. The Kier molecular flexibility index (Phi) is 9.09. The zero-order valence-corrected chi connectivity index (χ0v) is 17.3. The second-order valence-electron chi connectivity index (χ2n) is 6.19. The Labute approximate surface area is 163 Å². The predicted molar refractivity (Wildman–Crippen MR) is 112 cm³/mol. The van der Waals surface area contributed by atoms with Crippen LogP contribution in [0.2, 0.25) is 0 Å². The molecule has 2 aromatic rings. The summed E-state index contributed by atoms with van der Waals surface area (Å²) in [7, 11) is 0. The number of hydrogen-bond donors (Lipinski definition) is 0. The first-order chi connectivity index (χ1) is 11.7. The summed E-state index contributed by atoms with van der Waals surface area (Å²) >= 11 is 0. The number of carbonyl (C=O) groups excluding carboxylic acids is 1. The molecule has 2 nitrogen and oxygen atoms in total. The van der Waals surface area contributed by atoms with Crippen molar-refractivity contribution in [2.24, 2.45) is 0 Å². The maximum Gasteiger partial charge on any atom is 0.147 e. The molecule has 0 saturated heterocycles. The summed E-state index contributed by atoms with van der Waals surface area (Å²) < 4.78 is 0. The van der Waals surface area contributed by atoms with Gasteiger partial charge in [-0.15, -0.1) is 17.0 Å². The van der Waals surface area contributed by atoms with E-state index in [9.17, 15) is 4.79 Å². The van der Waals surface area contributed by atoms with Crippen molar-refractivity contribution in [3.8, 4) is 0 Å². The number of hydrogen-bond acceptors (Lipinski definition) is 2. The van der Waals surface area contributed by atoms with E-state index in [0.29, 0.717) is 12.2 Å². The van der Waals surface area contributed by atoms with Gasteiger partial charge in [0.15, 0.2) is 0 Å². The number of halogens is 1. The highest BCUT2D eigenvalue weighted by Gasteiger charge is 2.40. The average Bonchev–Trinajstić information content (AvgIpc) is 2.66. The summed E-state index contributed by atoms with van der Waals surface area (Å²) in [5.74, 6) is 0.298. The summed E-state index contributed by atoms with van der Waals surface area (Å²) in [5, 5.41) is 0. The van der Waals surface area contributed by atoms with Gasteiger partial charge in [0.05, 0.1) is 5.41 Å². The van der Waals surface area contributed by atoms with E-state index < -0.39 is 5.41 Å². The smallest absolute Gasteiger partial charge is 0.147 e. The molecule has 0 aromatic heterocycles. The summed E-state index contributed by atoms with van der Waals surface area (Å²) in [6.45, 7) is 9.27. The Bertz CT molecular complexity index is 583. The molecule has 2 rings (SSSR count). The van der Waals surface area contributed by atoms with E-state index in [1.807, 2.05) is 43.3 Å². The van der Waals surface area contributed by atoms with Crippen LogP contribution in [0.5, 0.6) is 0 Å². The van der Waals surface area contributed by atoms with Gasteiger partial charge in [0.25, 0.3) is 0 Å². The third-order valence-electron chi connectivity index (χ3n) is 5.03. The second kappa shape index (κ2) is 10.5. The molecule has 25 heavy (non-hydrogen) atoms. The minimum absolute atomic E-state index is 0. The molecule has 136 valence electrons. The third-order valence-corrected chi connectivity index (χ3v) is 5.03. The van der Waals surface area contributed by atoms with Crippen LogP contribution in [0.1, 0.15) is 44.7 Å². The Balaban J connectivity index is 0.00000312. The van der Waals surface area contributed by atoms with Gasteiger partial charge in [-0.05, 0) is 37.2 Å². The Hall–Kier alpha value is -1.45. The normalized spacial score (nSPS) is 11.2. The highest BCUT2D eigenvalue weighted by molar-refractivity contribution is 8.93. The molecule has 0 bridgehead atoms. The minimum atomic E-state index is -0.556. The average molecular weight is 404 g/mol. The molecular weight excluding hydrogens is 374 g/mol. The van der Waals surface area contributed by atoms with Crippen LogP contribution in [0, 0.1) is 0 Å². The van der Waals surface area contributed by atoms with Crippen LogP contribution >= 0.6 is 17.0 Å². The molecule has 0 aliphatic carbocycles. The third kappa shape index (κ3) is 4.80. The fraction of sp³-hybridized carbons (Fsp3) is 0.409. The monoisotopic (exact) mass is 403 g/mol. The van der Waals surface area contributed by atoms with Gasteiger partial charge in [0.1, 0.15) is 5.78 Å². The number of benzene rings is 2. The van der Waals surface area contributed by atoms with Crippen molar-refractivity contribution in [2.75, 3.05) is 19.6 Å². The molecule has 0 saturated carbocycles. The molecule has 0 heterocycles. The predicted octanol–water partition coefficient (Wildman–Crippen LogP) is 5.26. The molecule has 2 aromatic carbocycles. The summed E-state index contributed by atoms with van der Waals surface area (Å²) in [6.07, 6.45) is 1.36. The van der Waals surface area contributed by atoms with E-state index in [1.54, 1.807) is 0 Å². The van der Waals surface area contributed by atoms with Crippen molar-refractivity contribution >= 4 is 22.8 Å². The lowest BCUT2D eigenvalue weighted by atomic mass is 9.68. The lowest BCUT2D eigenvalue weighted by Crippen LogP contribution is -2.40. The van der Waals surface area contributed by atoms with Gasteiger partial charge in [-0.1, -0.05) is 81.4 Å². The number of Topliss-reactive ketones (excluding diaryl/α,β-unsaturated/α-hetero) is 1. The van der Waals surface area contributed by atoms with Crippen molar-refractivity contribution < 1.29 is 4.79 Å². The van der Waals surface area contributed by atoms with Crippen LogP contribution in [-0.2, 0) is 10.2 Å². The SMILES string of the molecule is Br.CCC(=O)C(CCN(CC)CC)(c1ccccc1)c1ccccc1. The lowest BCUT2D eigenvalue weighted by Gasteiger charge is -2.35. The number of ketones is 1. The first-order valence-corrected chi connectivity index (χ1v) is 9.05. The molecule has 0 atom stereocenters. The van der Waals surface area contributed by atoms with Crippen LogP contribution in [0.3, 0.4) is 0 Å². The molecule has 0 amide bonds. The summed E-state index contributed by atoms with van der Waals surface area (Å²) in [4.78, 5) is 15.6. The van der Waals surface area contributed by atoms with E-state index >= 15 is 0 Å². The van der Waals surface area contributed by atoms with Crippen molar-refractivity contribution in [3.63, 3.8) is 0 Å². The van der Waals surface area contributed by atoms with Crippen LogP contribution in [0.15, 0.2) is 60.7 Å². The summed E-state index contributed by atoms with van der Waals surface area (Å²) in [6, 6.07) is 20.6. The minimum Gasteiger partial charge on any atom is -0.304 e. The largest absolute Gasteiger partial charge is 0.304 e. The first-order valence-electron chi connectivity index (χ1n) is 9.05. The van der Waals surface area contributed by atoms with Gasteiger partial charge >= 0.3 is 0 Å². The van der Waals surface area contributed by atoms with Gasteiger partial charge < -0.3 is 4.90 Å². The number of rotatable bonds is 9. The molecule has 0 radical (unpaired) electrons. The van der Waals surface area contributed by atoms with Crippen LogP contribution in [0.4, 0.5) is 0 Å². The maximum atomic E-state index is 13.2. The second-order valence-corrected chi connectivity index (χ2v) is 6.19. The lowest BCUT2D eigenvalue weighted by molar-refractivity contribution is -0.123. The maximum absolute atomic E-state index is 13.2. The Morgan fingerprint density at radius 2 is 1.28 bits per heavy atom. The van der Waals surface area contributed by atoms with Gasteiger partial charge in [0.2, 0.25) is 0 Å².